The Bertz CT molecular complexity index is 307. The Morgan fingerprint density at radius 2 is 2.27 bits per heavy atom. The second kappa shape index (κ2) is 5.46. The molecular weight excluding hydrogens is 216 g/mol. The number of sulfone groups is 1. The van der Waals surface area contributed by atoms with E-state index in [4.69, 9.17) is 0 Å². The molecule has 0 spiro atoms. The van der Waals surface area contributed by atoms with Gasteiger partial charge in [-0.3, -0.25) is 4.79 Å². The van der Waals surface area contributed by atoms with Gasteiger partial charge >= 0.3 is 0 Å². The third kappa shape index (κ3) is 5.74. The average molecular weight is 234 g/mol. The van der Waals surface area contributed by atoms with Gasteiger partial charge in [0.25, 0.3) is 0 Å². The topological polar surface area (TPSA) is 75.3 Å². The highest BCUT2D eigenvalue weighted by Gasteiger charge is 2.15. The van der Waals surface area contributed by atoms with Gasteiger partial charge < -0.3 is 10.6 Å². The summed E-state index contributed by atoms with van der Waals surface area (Å²) in [6.07, 6.45) is 3.23. The quantitative estimate of drug-likeness (QED) is 0.674. The highest BCUT2D eigenvalue weighted by atomic mass is 32.2. The lowest BCUT2D eigenvalue weighted by Gasteiger charge is -2.23. The summed E-state index contributed by atoms with van der Waals surface area (Å²) in [5.41, 5.74) is 0. The van der Waals surface area contributed by atoms with Crippen molar-refractivity contribution in [1.82, 2.24) is 10.6 Å². The van der Waals surface area contributed by atoms with Crippen LogP contribution in [0.25, 0.3) is 0 Å². The summed E-state index contributed by atoms with van der Waals surface area (Å²) in [6.45, 7) is 1.78. The predicted molar refractivity (Wildman–Crippen MR) is 58.4 cm³/mol. The molecule has 1 rings (SSSR count). The first-order valence-electron chi connectivity index (χ1n) is 5.15. The molecule has 1 atom stereocenters. The number of carbonyl (C=O) groups excluding carboxylic acids is 1. The van der Waals surface area contributed by atoms with Crippen LogP contribution in [0.15, 0.2) is 0 Å². The summed E-state index contributed by atoms with van der Waals surface area (Å²) in [4.78, 5) is 11.4. The van der Waals surface area contributed by atoms with Gasteiger partial charge in [0.05, 0.1) is 5.75 Å². The van der Waals surface area contributed by atoms with Gasteiger partial charge in [-0.2, -0.15) is 0 Å². The lowest BCUT2D eigenvalue weighted by atomic mass is 10.1. The molecule has 6 heteroatoms. The number of hydrogen-bond donors (Lipinski definition) is 2. The number of carbonyl (C=O) groups is 1. The zero-order valence-electron chi connectivity index (χ0n) is 8.95. The summed E-state index contributed by atoms with van der Waals surface area (Å²) in [5, 5.41) is 6.01. The van der Waals surface area contributed by atoms with Crippen molar-refractivity contribution in [1.29, 1.82) is 0 Å². The summed E-state index contributed by atoms with van der Waals surface area (Å²) >= 11 is 0. The summed E-state index contributed by atoms with van der Waals surface area (Å²) in [5.74, 6) is -0.243. The molecule has 1 fully saturated rings. The molecule has 1 heterocycles. The van der Waals surface area contributed by atoms with E-state index < -0.39 is 9.84 Å². The first kappa shape index (κ1) is 12.4. The second-order valence-corrected chi connectivity index (χ2v) is 6.25. The van der Waals surface area contributed by atoms with Gasteiger partial charge in [-0.25, -0.2) is 8.42 Å². The van der Waals surface area contributed by atoms with E-state index in [1.807, 2.05) is 0 Å². The molecule has 1 amide bonds. The van der Waals surface area contributed by atoms with E-state index in [-0.39, 0.29) is 24.1 Å². The van der Waals surface area contributed by atoms with Crippen molar-refractivity contribution in [3.63, 3.8) is 0 Å². The molecule has 88 valence electrons. The van der Waals surface area contributed by atoms with E-state index in [2.05, 4.69) is 10.6 Å². The van der Waals surface area contributed by atoms with Crippen LogP contribution in [0, 0.1) is 0 Å². The number of nitrogens with one attached hydrogen (secondary N) is 2. The molecule has 1 saturated heterocycles. The molecule has 1 aliphatic heterocycles. The molecule has 0 aromatic rings. The smallest absolute Gasteiger partial charge is 0.221 e. The van der Waals surface area contributed by atoms with Crippen LogP contribution in [0.4, 0.5) is 0 Å². The van der Waals surface area contributed by atoms with Crippen LogP contribution in [-0.2, 0) is 14.6 Å². The van der Waals surface area contributed by atoms with Gasteiger partial charge in [-0.15, -0.1) is 0 Å². The van der Waals surface area contributed by atoms with E-state index in [0.717, 1.165) is 32.2 Å². The Morgan fingerprint density at radius 3 is 2.80 bits per heavy atom. The summed E-state index contributed by atoms with van der Waals surface area (Å²) in [7, 11) is -3.04. The van der Waals surface area contributed by atoms with Crippen molar-refractivity contribution < 1.29 is 13.2 Å². The number of piperidine rings is 1. The Balaban J connectivity index is 2.23. The van der Waals surface area contributed by atoms with Crippen molar-refractivity contribution in [3.05, 3.63) is 0 Å². The van der Waals surface area contributed by atoms with E-state index in [1.54, 1.807) is 0 Å². The fourth-order valence-electron chi connectivity index (χ4n) is 1.55. The van der Waals surface area contributed by atoms with Crippen LogP contribution >= 0.6 is 0 Å². The number of hydrogen-bond acceptors (Lipinski definition) is 4. The maximum Gasteiger partial charge on any atom is 0.221 e. The van der Waals surface area contributed by atoms with E-state index in [9.17, 15) is 13.2 Å². The van der Waals surface area contributed by atoms with E-state index in [0.29, 0.717) is 0 Å². The van der Waals surface area contributed by atoms with Gasteiger partial charge in [0.1, 0.15) is 9.84 Å². The molecule has 0 aromatic carbocycles. The molecule has 2 N–H and O–H groups in total. The van der Waals surface area contributed by atoms with Gasteiger partial charge in [0.2, 0.25) is 5.91 Å². The fraction of sp³-hybridized carbons (Fsp3) is 0.889. The lowest BCUT2D eigenvalue weighted by molar-refractivity contribution is -0.121. The van der Waals surface area contributed by atoms with Gasteiger partial charge in [0, 0.05) is 25.3 Å². The Labute approximate surface area is 90.5 Å². The van der Waals surface area contributed by atoms with Crippen molar-refractivity contribution in [3.8, 4) is 0 Å². The minimum absolute atomic E-state index is 0.0648. The standard InChI is InChI=1S/C9H18N2O3S/c1-15(13,14)6-4-9(12)11-8-3-2-5-10-7-8/h8,10H,2-7H2,1H3,(H,11,12)/t8-/m1/s1. The van der Waals surface area contributed by atoms with E-state index >= 15 is 0 Å². The van der Waals surface area contributed by atoms with Crippen molar-refractivity contribution >= 4 is 15.7 Å². The molecule has 0 radical (unpaired) electrons. The molecule has 15 heavy (non-hydrogen) atoms. The maximum absolute atomic E-state index is 11.4. The zero-order valence-corrected chi connectivity index (χ0v) is 9.77. The lowest BCUT2D eigenvalue weighted by Crippen LogP contribution is -2.45. The Hall–Kier alpha value is -0.620. The summed E-state index contributed by atoms with van der Waals surface area (Å²) < 4.78 is 21.7. The largest absolute Gasteiger partial charge is 0.352 e. The minimum atomic E-state index is -3.04. The van der Waals surface area contributed by atoms with Crippen LogP contribution in [0.3, 0.4) is 0 Å². The third-order valence-electron chi connectivity index (χ3n) is 2.36. The van der Waals surface area contributed by atoms with Crippen LogP contribution in [-0.4, -0.2) is 45.5 Å². The number of rotatable bonds is 4. The monoisotopic (exact) mass is 234 g/mol. The maximum atomic E-state index is 11.4. The first-order chi connectivity index (χ1) is 6.97. The SMILES string of the molecule is CS(=O)(=O)CCC(=O)N[C@@H]1CCCNC1. The van der Waals surface area contributed by atoms with Gasteiger partial charge in [-0.05, 0) is 19.4 Å². The van der Waals surface area contributed by atoms with Gasteiger partial charge in [0.15, 0.2) is 0 Å². The van der Waals surface area contributed by atoms with Crippen molar-refractivity contribution in [2.75, 3.05) is 25.1 Å². The van der Waals surface area contributed by atoms with Crippen LogP contribution in [0.2, 0.25) is 0 Å². The number of amides is 1. The van der Waals surface area contributed by atoms with Gasteiger partial charge in [-0.1, -0.05) is 0 Å². The third-order valence-corrected chi connectivity index (χ3v) is 3.31. The molecule has 0 saturated carbocycles. The molecule has 1 aliphatic rings. The molecule has 5 nitrogen and oxygen atoms in total. The Kier molecular flexibility index (Phi) is 4.53. The molecule has 0 unspecified atom stereocenters. The normalized spacial score (nSPS) is 22.3. The highest BCUT2D eigenvalue weighted by Crippen LogP contribution is 2.01. The molecule has 0 aromatic heterocycles. The predicted octanol–water partition coefficient (Wildman–Crippen LogP) is -0.711. The van der Waals surface area contributed by atoms with Crippen molar-refractivity contribution in [2.45, 2.75) is 25.3 Å². The molecule has 0 aliphatic carbocycles. The van der Waals surface area contributed by atoms with E-state index in [1.165, 1.54) is 0 Å². The highest BCUT2D eigenvalue weighted by molar-refractivity contribution is 7.90. The zero-order chi connectivity index (χ0) is 11.3. The van der Waals surface area contributed by atoms with Crippen LogP contribution in [0.1, 0.15) is 19.3 Å². The van der Waals surface area contributed by atoms with Crippen molar-refractivity contribution in [2.24, 2.45) is 0 Å². The summed E-state index contributed by atoms with van der Waals surface area (Å²) in [6, 6.07) is 0.158. The Morgan fingerprint density at radius 1 is 1.53 bits per heavy atom. The van der Waals surface area contributed by atoms with Crippen LogP contribution in [0.5, 0.6) is 0 Å². The first-order valence-corrected chi connectivity index (χ1v) is 7.21. The second-order valence-electron chi connectivity index (χ2n) is 3.99. The molecular formula is C9H18N2O3S. The molecule has 0 bridgehead atoms. The minimum Gasteiger partial charge on any atom is -0.352 e. The average Bonchev–Trinajstić information content (AvgIpc) is 2.15. The fourth-order valence-corrected chi connectivity index (χ4v) is 2.11. The van der Waals surface area contributed by atoms with Crippen LogP contribution < -0.4 is 10.6 Å².